The number of likely N-dealkylation sites (N-methyl/N-ethyl adjacent to an activating group) is 1. The van der Waals surface area contributed by atoms with Crippen LogP contribution in [0.2, 0.25) is 0 Å². The van der Waals surface area contributed by atoms with Crippen molar-refractivity contribution in [1.29, 1.82) is 0 Å². The topological polar surface area (TPSA) is 95.1 Å². The number of aryl methyl sites for hydroxylation is 1. The Labute approximate surface area is 252 Å². The molecule has 1 aromatic carbocycles. The average Bonchev–Trinajstić information content (AvgIpc) is 3.63. The Balaban J connectivity index is 1.17. The number of ether oxygens (including phenoxy) is 2. The van der Waals surface area contributed by atoms with E-state index in [4.69, 9.17) is 19.4 Å². The van der Waals surface area contributed by atoms with E-state index in [9.17, 15) is 9.18 Å². The molecule has 4 atom stereocenters. The summed E-state index contributed by atoms with van der Waals surface area (Å²) in [6.07, 6.45) is 6.15. The van der Waals surface area contributed by atoms with Crippen LogP contribution in [0.25, 0.3) is 0 Å². The van der Waals surface area contributed by atoms with Gasteiger partial charge in [0.2, 0.25) is 5.91 Å². The number of hydrogen-bond donors (Lipinski definition) is 2. The highest BCUT2D eigenvalue weighted by molar-refractivity contribution is 5.87. The zero-order valence-electron chi connectivity index (χ0n) is 25.0. The maximum Gasteiger partial charge on any atom is 0.318 e. The van der Waals surface area contributed by atoms with E-state index in [1.165, 1.54) is 11.1 Å². The zero-order valence-corrected chi connectivity index (χ0v) is 25.0. The molecule has 5 aliphatic heterocycles. The maximum atomic E-state index is 14.5. The van der Waals surface area contributed by atoms with Crippen LogP contribution in [-0.4, -0.2) is 96.2 Å². The molecule has 1 aliphatic carbocycles. The van der Waals surface area contributed by atoms with Gasteiger partial charge in [0, 0.05) is 44.6 Å². The van der Waals surface area contributed by atoms with Crippen LogP contribution < -0.4 is 20.3 Å². The molecule has 1 aromatic heterocycles. The average molecular weight is 592 g/mol. The standard InChI is InChI=1S/C32H42FN7O3/c1-38-17-24-26(15-32(38)11-8-22-6-2-3-7-25(22)32)36-29(43-19-30-9-4-13-40(30)16-23(33)14-30)37-27(24)39-12-5-10-31(18-39)28(41)34-20-42-21-35-31/h2-3,6-7,23,35H,4-5,8-21H2,1H3,(H,34,41)/t23-,30+,31-,32+/m1/s1. The summed E-state index contributed by atoms with van der Waals surface area (Å²) in [5.74, 6) is 0.817. The molecule has 0 bridgehead atoms. The Kier molecular flexibility index (Phi) is 6.67. The van der Waals surface area contributed by atoms with E-state index in [0.717, 1.165) is 75.1 Å². The molecule has 0 unspecified atom stereocenters. The predicted octanol–water partition coefficient (Wildman–Crippen LogP) is 2.25. The Hall–Kier alpha value is -2.86. The first-order chi connectivity index (χ1) is 20.9. The number of carbonyl (C=O) groups excluding carboxylic acids is 1. The number of rotatable bonds is 4. The SMILES string of the molecule is CN1Cc2c(nc(OC[C@@]34CCCN3C[C@H](F)C4)nc2N2CCC[C@]3(C2)NCOCNC3=O)C[C@]12CCc1ccccc12. The fourth-order valence-electron chi connectivity index (χ4n) is 9.00. The summed E-state index contributed by atoms with van der Waals surface area (Å²) in [6.45, 7) is 4.33. The molecule has 4 fully saturated rings. The Morgan fingerprint density at radius 1 is 1.14 bits per heavy atom. The second-order valence-electron chi connectivity index (χ2n) is 13.6. The molecule has 6 aliphatic rings. The van der Waals surface area contributed by atoms with Crippen LogP contribution >= 0.6 is 0 Å². The van der Waals surface area contributed by atoms with E-state index in [2.05, 4.69) is 56.6 Å². The molecule has 43 heavy (non-hydrogen) atoms. The van der Waals surface area contributed by atoms with Crippen LogP contribution in [0.5, 0.6) is 6.01 Å². The number of amides is 1. The van der Waals surface area contributed by atoms with Crippen molar-refractivity contribution in [3.05, 3.63) is 46.6 Å². The molecule has 10 nitrogen and oxygen atoms in total. The van der Waals surface area contributed by atoms with Gasteiger partial charge in [-0.2, -0.15) is 9.97 Å². The number of nitrogens with zero attached hydrogens (tertiary/aromatic N) is 5. The molecule has 11 heteroatoms. The van der Waals surface area contributed by atoms with Crippen molar-refractivity contribution < 1.29 is 18.7 Å². The van der Waals surface area contributed by atoms with Gasteiger partial charge in [-0.1, -0.05) is 24.3 Å². The highest BCUT2D eigenvalue weighted by Crippen LogP contribution is 2.48. The van der Waals surface area contributed by atoms with Crippen molar-refractivity contribution >= 4 is 11.7 Å². The van der Waals surface area contributed by atoms with Crippen LogP contribution in [0.4, 0.5) is 10.2 Å². The minimum Gasteiger partial charge on any atom is -0.461 e. The van der Waals surface area contributed by atoms with Crippen LogP contribution in [0.1, 0.15) is 60.9 Å². The maximum absolute atomic E-state index is 14.5. The first kappa shape index (κ1) is 27.7. The third kappa shape index (κ3) is 4.45. The summed E-state index contributed by atoms with van der Waals surface area (Å²) in [5, 5.41) is 6.31. The summed E-state index contributed by atoms with van der Waals surface area (Å²) < 4.78 is 26.5. The molecular weight excluding hydrogens is 549 g/mol. The molecule has 2 spiro atoms. The molecule has 2 N–H and O–H groups in total. The number of nitrogens with one attached hydrogen (secondary N) is 2. The number of carbonyl (C=O) groups is 1. The van der Waals surface area contributed by atoms with Gasteiger partial charge in [-0.3, -0.25) is 19.9 Å². The monoisotopic (exact) mass is 591 g/mol. The highest BCUT2D eigenvalue weighted by atomic mass is 19.1. The largest absolute Gasteiger partial charge is 0.461 e. The lowest BCUT2D eigenvalue weighted by Crippen LogP contribution is -2.64. The first-order valence-corrected chi connectivity index (χ1v) is 16.0. The number of fused-ring (bicyclic) bond motifs is 4. The van der Waals surface area contributed by atoms with Crippen molar-refractivity contribution in [2.75, 3.05) is 58.2 Å². The third-order valence-corrected chi connectivity index (χ3v) is 11.3. The summed E-state index contributed by atoms with van der Waals surface area (Å²) in [5.41, 5.74) is 3.79. The van der Waals surface area contributed by atoms with Crippen LogP contribution in [0.15, 0.2) is 24.3 Å². The normalized spacial score (nSPS) is 34.2. The molecule has 8 rings (SSSR count). The lowest BCUT2D eigenvalue weighted by Gasteiger charge is -2.46. The first-order valence-electron chi connectivity index (χ1n) is 16.0. The van der Waals surface area contributed by atoms with Crippen molar-refractivity contribution in [2.24, 2.45) is 0 Å². The molecule has 1 amide bonds. The van der Waals surface area contributed by atoms with Crippen molar-refractivity contribution in [3.8, 4) is 6.01 Å². The van der Waals surface area contributed by atoms with Crippen LogP contribution in [-0.2, 0) is 34.5 Å². The van der Waals surface area contributed by atoms with Gasteiger partial charge in [0.1, 0.15) is 30.9 Å². The van der Waals surface area contributed by atoms with E-state index < -0.39 is 11.7 Å². The summed E-state index contributed by atoms with van der Waals surface area (Å²) in [4.78, 5) is 30.4. The minimum absolute atomic E-state index is 0.0323. The van der Waals surface area contributed by atoms with Gasteiger partial charge in [-0.15, -0.1) is 0 Å². The van der Waals surface area contributed by atoms with E-state index in [0.29, 0.717) is 45.4 Å². The summed E-state index contributed by atoms with van der Waals surface area (Å²) >= 11 is 0. The van der Waals surface area contributed by atoms with Gasteiger partial charge in [-0.25, -0.2) is 4.39 Å². The molecule has 0 radical (unpaired) electrons. The zero-order chi connectivity index (χ0) is 29.2. The number of piperidine rings is 1. The van der Waals surface area contributed by atoms with Crippen molar-refractivity contribution in [3.63, 3.8) is 0 Å². The second kappa shape index (κ2) is 10.4. The minimum atomic E-state index is -0.812. The van der Waals surface area contributed by atoms with E-state index >= 15 is 0 Å². The number of benzene rings is 1. The van der Waals surface area contributed by atoms with Gasteiger partial charge in [0.05, 0.1) is 23.5 Å². The Bertz CT molecular complexity index is 1430. The Morgan fingerprint density at radius 3 is 2.95 bits per heavy atom. The molecule has 4 saturated heterocycles. The van der Waals surface area contributed by atoms with Gasteiger partial charge in [0.15, 0.2) is 0 Å². The summed E-state index contributed by atoms with van der Waals surface area (Å²) in [6, 6.07) is 9.17. The van der Waals surface area contributed by atoms with Crippen LogP contribution in [0.3, 0.4) is 0 Å². The van der Waals surface area contributed by atoms with E-state index in [1.54, 1.807) is 0 Å². The van der Waals surface area contributed by atoms with E-state index in [-0.39, 0.29) is 23.7 Å². The highest BCUT2D eigenvalue weighted by Gasteiger charge is 2.51. The number of hydrogen-bond acceptors (Lipinski definition) is 9. The number of anilines is 1. The predicted molar refractivity (Wildman–Crippen MR) is 158 cm³/mol. The number of aromatic nitrogens is 2. The van der Waals surface area contributed by atoms with Gasteiger partial charge < -0.3 is 19.7 Å². The lowest BCUT2D eigenvalue weighted by molar-refractivity contribution is -0.127. The quantitative estimate of drug-likeness (QED) is 0.555. The van der Waals surface area contributed by atoms with Gasteiger partial charge >= 0.3 is 6.01 Å². The van der Waals surface area contributed by atoms with Gasteiger partial charge in [0.25, 0.3) is 0 Å². The van der Waals surface area contributed by atoms with Crippen molar-refractivity contribution in [1.82, 2.24) is 30.4 Å². The smallest absolute Gasteiger partial charge is 0.318 e. The van der Waals surface area contributed by atoms with Crippen LogP contribution in [0, 0.1) is 0 Å². The molecule has 0 saturated carbocycles. The number of halogens is 1. The fourth-order valence-corrected chi connectivity index (χ4v) is 9.00. The lowest BCUT2D eigenvalue weighted by atomic mass is 9.80. The molecular formula is C32H42FN7O3. The molecule has 6 heterocycles. The fraction of sp³-hybridized carbons (Fsp3) is 0.656. The Morgan fingerprint density at radius 2 is 2.02 bits per heavy atom. The third-order valence-electron chi connectivity index (χ3n) is 11.3. The van der Waals surface area contributed by atoms with Crippen molar-refractivity contribution in [2.45, 2.75) is 80.7 Å². The molecule has 2 aromatic rings. The molecule has 230 valence electrons. The number of alkyl halides is 1. The second-order valence-corrected chi connectivity index (χ2v) is 13.6. The van der Waals surface area contributed by atoms with E-state index in [1.807, 2.05) is 0 Å². The summed E-state index contributed by atoms with van der Waals surface area (Å²) in [7, 11) is 2.22. The van der Waals surface area contributed by atoms with Gasteiger partial charge in [-0.05, 0) is 63.2 Å².